The number of H-pyrrole nitrogens is 1. The Morgan fingerprint density at radius 3 is 3.00 bits per heavy atom. The number of hydrogen-bond acceptors (Lipinski definition) is 3. The molecule has 1 aromatic carbocycles. The first kappa shape index (κ1) is 13.8. The average molecular weight is 285 g/mol. The van der Waals surface area contributed by atoms with Gasteiger partial charge in [-0.25, -0.2) is 0 Å². The third-order valence-corrected chi connectivity index (χ3v) is 4.10. The predicted molar refractivity (Wildman–Crippen MR) is 82.2 cm³/mol. The van der Waals surface area contributed by atoms with Crippen molar-refractivity contribution in [3.05, 3.63) is 46.4 Å². The van der Waals surface area contributed by atoms with Gasteiger partial charge in [0.25, 0.3) is 5.56 Å². The van der Waals surface area contributed by atoms with Crippen molar-refractivity contribution in [1.29, 1.82) is 0 Å². The van der Waals surface area contributed by atoms with Crippen LogP contribution in [0.2, 0.25) is 0 Å². The van der Waals surface area contributed by atoms with Gasteiger partial charge in [-0.2, -0.15) is 0 Å². The standard InChI is InChI=1S/C16H19N3O2/c17-15(20)10-19-7-3-5-12(9-19)14-8-11-4-1-2-6-13(11)16(21)18-14/h1-2,4,6,8,12H,3,5,7,9-10H2,(H2,17,20)(H,18,21)/t12-/m0/s1. The van der Waals surface area contributed by atoms with E-state index in [4.69, 9.17) is 5.73 Å². The molecule has 0 spiro atoms. The molecule has 0 bridgehead atoms. The number of carbonyl (C=O) groups excluding carboxylic acids is 1. The van der Waals surface area contributed by atoms with Crippen LogP contribution in [0, 0.1) is 0 Å². The van der Waals surface area contributed by atoms with Gasteiger partial charge in [0.2, 0.25) is 5.91 Å². The molecule has 5 heteroatoms. The Morgan fingerprint density at radius 1 is 1.38 bits per heavy atom. The van der Waals surface area contributed by atoms with E-state index in [9.17, 15) is 9.59 Å². The van der Waals surface area contributed by atoms with E-state index in [2.05, 4.69) is 16.0 Å². The Balaban J connectivity index is 1.89. The average Bonchev–Trinajstić information content (AvgIpc) is 2.47. The van der Waals surface area contributed by atoms with Gasteiger partial charge >= 0.3 is 0 Å². The van der Waals surface area contributed by atoms with Crippen molar-refractivity contribution in [2.75, 3.05) is 19.6 Å². The van der Waals surface area contributed by atoms with Crippen molar-refractivity contribution in [3.8, 4) is 0 Å². The van der Waals surface area contributed by atoms with E-state index in [1.165, 1.54) is 0 Å². The fraction of sp³-hybridized carbons (Fsp3) is 0.375. The number of aromatic amines is 1. The maximum Gasteiger partial charge on any atom is 0.256 e. The minimum atomic E-state index is -0.303. The molecule has 2 aromatic rings. The Labute approximate surface area is 122 Å². The molecule has 1 atom stereocenters. The zero-order chi connectivity index (χ0) is 14.8. The highest BCUT2D eigenvalue weighted by Gasteiger charge is 2.23. The van der Waals surface area contributed by atoms with Gasteiger partial charge in [0.15, 0.2) is 0 Å². The highest BCUT2D eigenvalue weighted by molar-refractivity contribution is 5.81. The van der Waals surface area contributed by atoms with Crippen molar-refractivity contribution < 1.29 is 4.79 Å². The van der Waals surface area contributed by atoms with Gasteiger partial charge in [-0.05, 0) is 36.9 Å². The molecule has 1 aliphatic rings. The van der Waals surface area contributed by atoms with E-state index in [1.54, 1.807) is 0 Å². The number of primary amides is 1. The van der Waals surface area contributed by atoms with Crippen LogP contribution < -0.4 is 11.3 Å². The van der Waals surface area contributed by atoms with E-state index in [-0.39, 0.29) is 23.9 Å². The number of fused-ring (bicyclic) bond motifs is 1. The Morgan fingerprint density at radius 2 is 2.19 bits per heavy atom. The lowest BCUT2D eigenvalue weighted by atomic mass is 9.93. The monoisotopic (exact) mass is 285 g/mol. The van der Waals surface area contributed by atoms with Crippen LogP contribution in [0.15, 0.2) is 35.1 Å². The summed E-state index contributed by atoms with van der Waals surface area (Å²) < 4.78 is 0. The second-order valence-electron chi connectivity index (χ2n) is 5.68. The topological polar surface area (TPSA) is 79.2 Å². The fourth-order valence-corrected chi connectivity index (χ4v) is 3.12. The summed E-state index contributed by atoms with van der Waals surface area (Å²) in [5.41, 5.74) is 6.17. The lowest BCUT2D eigenvalue weighted by Gasteiger charge is -2.31. The van der Waals surface area contributed by atoms with Gasteiger partial charge in [-0.1, -0.05) is 18.2 Å². The summed E-state index contributed by atoms with van der Waals surface area (Å²) in [4.78, 5) is 28.3. The maximum absolute atomic E-state index is 12.2. The molecule has 0 radical (unpaired) electrons. The van der Waals surface area contributed by atoms with E-state index < -0.39 is 0 Å². The van der Waals surface area contributed by atoms with Crippen LogP contribution >= 0.6 is 0 Å². The molecule has 1 saturated heterocycles. The third kappa shape index (κ3) is 2.97. The van der Waals surface area contributed by atoms with E-state index in [0.717, 1.165) is 37.0 Å². The first-order valence-electron chi connectivity index (χ1n) is 7.26. The maximum atomic E-state index is 12.2. The fourth-order valence-electron chi connectivity index (χ4n) is 3.12. The first-order valence-corrected chi connectivity index (χ1v) is 7.26. The molecule has 110 valence electrons. The summed E-state index contributed by atoms with van der Waals surface area (Å²) in [5, 5.41) is 1.68. The van der Waals surface area contributed by atoms with Crippen molar-refractivity contribution in [2.24, 2.45) is 5.73 Å². The second-order valence-corrected chi connectivity index (χ2v) is 5.68. The molecule has 2 heterocycles. The minimum Gasteiger partial charge on any atom is -0.369 e. The van der Waals surface area contributed by atoms with E-state index in [0.29, 0.717) is 5.39 Å². The second kappa shape index (κ2) is 5.69. The molecule has 1 aliphatic heterocycles. The summed E-state index contributed by atoms with van der Waals surface area (Å²) in [6.07, 6.45) is 2.02. The summed E-state index contributed by atoms with van der Waals surface area (Å²) in [6.45, 7) is 1.93. The van der Waals surface area contributed by atoms with Crippen molar-refractivity contribution in [3.63, 3.8) is 0 Å². The summed E-state index contributed by atoms with van der Waals surface area (Å²) in [5.74, 6) is -0.0574. The Bertz CT molecular complexity index is 723. The van der Waals surface area contributed by atoms with Gasteiger partial charge < -0.3 is 10.7 Å². The lowest BCUT2D eigenvalue weighted by molar-refractivity contribution is -0.119. The molecule has 21 heavy (non-hydrogen) atoms. The van der Waals surface area contributed by atoms with Crippen molar-refractivity contribution >= 4 is 16.7 Å². The van der Waals surface area contributed by atoms with Gasteiger partial charge in [-0.3, -0.25) is 14.5 Å². The zero-order valence-corrected chi connectivity index (χ0v) is 11.8. The molecule has 3 rings (SSSR count). The Kier molecular flexibility index (Phi) is 3.75. The van der Waals surface area contributed by atoms with Crippen LogP contribution in [-0.4, -0.2) is 35.4 Å². The first-order chi connectivity index (χ1) is 10.1. The molecule has 5 nitrogen and oxygen atoms in total. The van der Waals surface area contributed by atoms with Gasteiger partial charge in [0.1, 0.15) is 0 Å². The molecule has 0 aliphatic carbocycles. The number of hydrogen-bond donors (Lipinski definition) is 2. The molecule has 1 amide bonds. The number of likely N-dealkylation sites (tertiary alicyclic amines) is 1. The summed E-state index contributed by atoms with van der Waals surface area (Å²) in [7, 11) is 0. The van der Waals surface area contributed by atoms with E-state index >= 15 is 0 Å². The minimum absolute atomic E-state index is 0.0462. The number of nitrogens with zero attached hydrogens (tertiary/aromatic N) is 1. The molecule has 1 fully saturated rings. The van der Waals surface area contributed by atoms with Crippen LogP contribution in [0.25, 0.3) is 10.8 Å². The van der Waals surface area contributed by atoms with E-state index in [1.807, 2.05) is 24.3 Å². The van der Waals surface area contributed by atoms with Crippen LogP contribution in [0.4, 0.5) is 0 Å². The van der Waals surface area contributed by atoms with Crippen LogP contribution in [0.5, 0.6) is 0 Å². The van der Waals surface area contributed by atoms with Crippen LogP contribution in [-0.2, 0) is 4.79 Å². The lowest BCUT2D eigenvalue weighted by Crippen LogP contribution is -2.40. The highest BCUT2D eigenvalue weighted by Crippen LogP contribution is 2.26. The zero-order valence-electron chi connectivity index (χ0n) is 11.8. The van der Waals surface area contributed by atoms with Crippen LogP contribution in [0.3, 0.4) is 0 Å². The molecular formula is C16H19N3O2. The van der Waals surface area contributed by atoms with Gasteiger partial charge in [-0.15, -0.1) is 0 Å². The smallest absolute Gasteiger partial charge is 0.256 e. The number of aromatic nitrogens is 1. The van der Waals surface area contributed by atoms with Gasteiger partial charge in [0.05, 0.1) is 6.54 Å². The number of benzene rings is 1. The molecule has 1 aromatic heterocycles. The number of rotatable bonds is 3. The van der Waals surface area contributed by atoms with Crippen molar-refractivity contribution in [1.82, 2.24) is 9.88 Å². The summed E-state index contributed by atoms with van der Waals surface area (Å²) >= 11 is 0. The molecule has 0 unspecified atom stereocenters. The quantitative estimate of drug-likeness (QED) is 0.889. The summed E-state index contributed by atoms with van der Waals surface area (Å²) in [6, 6.07) is 9.64. The Hall–Kier alpha value is -2.14. The molecular weight excluding hydrogens is 266 g/mol. The number of pyridine rings is 1. The largest absolute Gasteiger partial charge is 0.369 e. The van der Waals surface area contributed by atoms with Gasteiger partial charge in [0, 0.05) is 23.5 Å². The number of nitrogens with two attached hydrogens (primary N) is 1. The predicted octanol–water partition coefficient (Wildman–Crippen LogP) is 1.19. The number of piperidine rings is 1. The molecule has 0 saturated carbocycles. The number of amides is 1. The normalized spacial score (nSPS) is 19.7. The highest BCUT2D eigenvalue weighted by atomic mass is 16.1. The van der Waals surface area contributed by atoms with Crippen LogP contribution in [0.1, 0.15) is 24.5 Å². The number of carbonyl (C=O) groups is 1. The number of nitrogens with one attached hydrogen (secondary N) is 1. The SMILES string of the molecule is NC(=O)CN1CCC[C@H](c2cc3ccccc3c(=O)[nH]2)C1. The van der Waals surface area contributed by atoms with Crippen molar-refractivity contribution in [2.45, 2.75) is 18.8 Å². The molecule has 3 N–H and O–H groups in total. The third-order valence-electron chi connectivity index (χ3n) is 4.10.